The molecule has 2 rings (SSSR count). The van der Waals surface area contributed by atoms with Gasteiger partial charge in [-0.3, -0.25) is 0 Å². The lowest BCUT2D eigenvalue weighted by Crippen LogP contribution is -2.29. The van der Waals surface area contributed by atoms with Crippen molar-refractivity contribution in [3.8, 4) is 17.2 Å². The van der Waals surface area contributed by atoms with Crippen LogP contribution in [0.3, 0.4) is 0 Å². The first-order valence-corrected chi connectivity index (χ1v) is 12.4. The number of benzene rings is 1. The van der Waals surface area contributed by atoms with Crippen LogP contribution in [0, 0.1) is 0 Å². The van der Waals surface area contributed by atoms with E-state index in [-0.39, 0.29) is 0 Å². The second-order valence-electron chi connectivity index (χ2n) is 7.60. The number of nitrogens with one attached hydrogen (secondary N) is 1. The molecule has 176 valence electrons. The largest absolute Gasteiger partial charge is 0.493 e. The number of unbranched alkanes of at least 4 members (excludes halogenated alkanes) is 3. The Hall–Kier alpha value is -1.51. The number of halogens is 1. The molecule has 0 bridgehead atoms. The summed E-state index contributed by atoms with van der Waals surface area (Å²) in [7, 11) is 3.11. The molecule has 8 heteroatoms. The molecule has 0 saturated carbocycles. The van der Waals surface area contributed by atoms with Crippen LogP contribution in [0.2, 0.25) is 0 Å². The van der Waals surface area contributed by atoms with Crippen molar-refractivity contribution in [2.24, 2.45) is 0 Å². The van der Waals surface area contributed by atoms with Gasteiger partial charge in [0.1, 0.15) is 0 Å². The summed E-state index contributed by atoms with van der Waals surface area (Å²) >= 11 is 3.33. The average Bonchev–Trinajstić information content (AvgIpc) is 3.06. The van der Waals surface area contributed by atoms with E-state index in [1.54, 1.807) is 26.4 Å². The minimum Gasteiger partial charge on any atom is -0.493 e. The summed E-state index contributed by atoms with van der Waals surface area (Å²) in [6.45, 7) is 6.69. The van der Waals surface area contributed by atoms with Crippen LogP contribution in [0.15, 0.2) is 12.1 Å². The molecular formula is C23H37BrN2O5. The zero-order chi connectivity index (χ0) is 22.3. The van der Waals surface area contributed by atoms with Crippen LogP contribution in [0.4, 0.5) is 0 Å². The number of methoxy groups -OCH3 is 2. The lowest BCUT2D eigenvalue weighted by molar-refractivity contribution is 0.0505. The fraction of sp³-hybridized carbons (Fsp3) is 0.696. The highest BCUT2D eigenvalue weighted by Gasteiger charge is 2.18. The monoisotopic (exact) mass is 500 g/mol. The smallest absolute Gasteiger partial charge is 0.338 e. The number of carbonyl (C=O) groups excluding carboxylic acids is 1. The van der Waals surface area contributed by atoms with Crippen molar-refractivity contribution in [1.29, 1.82) is 0 Å². The Morgan fingerprint density at radius 2 is 1.81 bits per heavy atom. The molecule has 0 atom stereocenters. The maximum absolute atomic E-state index is 12.3. The first-order chi connectivity index (χ1) is 15.2. The molecule has 0 amide bonds. The number of carbonyl (C=O) groups is 1. The molecule has 1 fully saturated rings. The van der Waals surface area contributed by atoms with Crippen molar-refractivity contribution in [2.75, 3.05) is 65.5 Å². The summed E-state index contributed by atoms with van der Waals surface area (Å²) in [6.07, 6.45) is 6.46. The van der Waals surface area contributed by atoms with Crippen molar-refractivity contribution in [3.63, 3.8) is 0 Å². The highest BCUT2D eigenvalue weighted by Crippen LogP contribution is 2.38. The fourth-order valence-electron chi connectivity index (χ4n) is 3.56. The summed E-state index contributed by atoms with van der Waals surface area (Å²) in [4.78, 5) is 14.9. The molecule has 0 aromatic heterocycles. The van der Waals surface area contributed by atoms with E-state index in [0.29, 0.717) is 36.0 Å². The van der Waals surface area contributed by atoms with Crippen molar-refractivity contribution in [2.45, 2.75) is 38.5 Å². The Morgan fingerprint density at radius 3 is 2.58 bits per heavy atom. The van der Waals surface area contributed by atoms with Crippen LogP contribution in [-0.2, 0) is 4.74 Å². The van der Waals surface area contributed by atoms with E-state index in [0.717, 1.165) is 44.2 Å². The number of hydrogen-bond donors (Lipinski definition) is 1. The Balaban J connectivity index is 1.79. The van der Waals surface area contributed by atoms with Crippen molar-refractivity contribution in [3.05, 3.63) is 17.7 Å². The van der Waals surface area contributed by atoms with E-state index in [4.69, 9.17) is 18.9 Å². The molecule has 7 nitrogen and oxygen atoms in total. The summed E-state index contributed by atoms with van der Waals surface area (Å²) in [5.41, 5.74) is 0.397. The number of hydrogen-bond acceptors (Lipinski definition) is 7. The molecule has 1 saturated heterocycles. The molecule has 1 heterocycles. The molecule has 0 aliphatic carbocycles. The van der Waals surface area contributed by atoms with E-state index >= 15 is 0 Å². The van der Waals surface area contributed by atoms with Gasteiger partial charge in [0.25, 0.3) is 0 Å². The average molecular weight is 501 g/mol. The van der Waals surface area contributed by atoms with Crippen molar-refractivity contribution in [1.82, 2.24) is 10.2 Å². The number of rotatable bonds is 14. The number of ether oxygens (including phenoxy) is 4. The SMILES string of the molecule is COc1cc(C(=O)OCCCBr)cc(OCCCCCCN2CCCNCC2)c1OC. The van der Waals surface area contributed by atoms with E-state index in [1.807, 2.05) is 0 Å². The molecule has 1 aliphatic rings. The number of nitrogens with zero attached hydrogens (tertiary/aromatic N) is 1. The molecule has 1 aromatic carbocycles. The molecule has 31 heavy (non-hydrogen) atoms. The third kappa shape index (κ3) is 9.25. The number of alkyl halides is 1. The van der Waals surface area contributed by atoms with Crippen LogP contribution in [-0.4, -0.2) is 76.4 Å². The maximum Gasteiger partial charge on any atom is 0.338 e. The lowest BCUT2D eigenvalue weighted by Gasteiger charge is -2.19. The van der Waals surface area contributed by atoms with Gasteiger partial charge in [-0.1, -0.05) is 28.8 Å². The Kier molecular flexibility index (Phi) is 12.7. The van der Waals surface area contributed by atoms with Crippen LogP contribution in [0.5, 0.6) is 17.2 Å². The first-order valence-electron chi connectivity index (χ1n) is 11.2. The molecule has 0 unspecified atom stereocenters. The Morgan fingerprint density at radius 1 is 1.00 bits per heavy atom. The first kappa shape index (κ1) is 25.7. The second-order valence-corrected chi connectivity index (χ2v) is 8.39. The minimum absolute atomic E-state index is 0.364. The van der Waals surface area contributed by atoms with Gasteiger partial charge in [-0.15, -0.1) is 0 Å². The third-order valence-corrected chi connectivity index (χ3v) is 5.81. The predicted octanol–water partition coefficient (Wildman–Crippen LogP) is 3.88. The van der Waals surface area contributed by atoms with E-state index in [2.05, 4.69) is 26.1 Å². The van der Waals surface area contributed by atoms with E-state index in [9.17, 15) is 4.79 Å². The van der Waals surface area contributed by atoms with Crippen molar-refractivity contribution < 1.29 is 23.7 Å². The van der Waals surface area contributed by atoms with Crippen LogP contribution in [0.1, 0.15) is 48.9 Å². The Bertz CT molecular complexity index is 651. The Labute approximate surface area is 194 Å². The lowest BCUT2D eigenvalue weighted by atomic mass is 10.1. The zero-order valence-corrected chi connectivity index (χ0v) is 20.5. The van der Waals surface area contributed by atoms with Crippen LogP contribution < -0.4 is 19.5 Å². The van der Waals surface area contributed by atoms with Gasteiger partial charge < -0.3 is 29.2 Å². The van der Waals surface area contributed by atoms with Gasteiger partial charge in [0, 0.05) is 18.4 Å². The summed E-state index contributed by atoms with van der Waals surface area (Å²) < 4.78 is 22.1. The van der Waals surface area contributed by atoms with Gasteiger partial charge in [-0.2, -0.15) is 0 Å². The molecule has 1 aliphatic heterocycles. The predicted molar refractivity (Wildman–Crippen MR) is 126 cm³/mol. The normalized spacial score (nSPS) is 14.7. The van der Waals surface area contributed by atoms with Crippen LogP contribution >= 0.6 is 15.9 Å². The van der Waals surface area contributed by atoms with Gasteiger partial charge in [0.15, 0.2) is 11.5 Å². The van der Waals surface area contributed by atoms with Gasteiger partial charge >= 0.3 is 5.97 Å². The van der Waals surface area contributed by atoms with Gasteiger partial charge in [-0.05, 0) is 57.5 Å². The van der Waals surface area contributed by atoms with Gasteiger partial charge in [0.05, 0.1) is 33.0 Å². The van der Waals surface area contributed by atoms with E-state index in [1.165, 1.54) is 32.4 Å². The molecule has 1 N–H and O–H groups in total. The van der Waals surface area contributed by atoms with Gasteiger partial charge in [0.2, 0.25) is 5.75 Å². The summed E-state index contributed by atoms with van der Waals surface area (Å²) in [5.74, 6) is 1.07. The molecular weight excluding hydrogens is 464 g/mol. The second kappa shape index (κ2) is 15.3. The third-order valence-electron chi connectivity index (χ3n) is 5.25. The quantitative estimate of drug-likeness (QED) is 0.236. The summed E-state index contributed by atoms with van der Waals surface area (Å²) in [5, 5.41) is 4.23. The summed E-state index contributed by atoms with van der Waals surface area (Å²) in [6, 6.07) is 3.30. The van der Waals surface area contributed by atoms with Gasteiger partial charge in [-0.25, -0.2) is 4.79 Å². The van der Waals surface area contributed by atoms with Crippen LogP contribution in [0.25, 0.3) is 0 Å². The molecule has 0 spiro atoms. The highest BCUT2D eigenvalue weighted by molar-refractivity contribution is 9.09. The molecule has 1 aromatic rings. The standard InChI is InChI=1S/C23H37BrN2O5/c1-28-20-17-19(23(27)31-16-7-9-24)18-21(22(20)29-2)30-15-6-4-3-5-12-26-13-8-10-25-11-14-26/h17-18,25H,3-16H2,1-2H3. The fourth-order valence-corrected chi connectivity index (χ4v) is 3.78. The maximum atomic E-state index is 12.3. The van der Waals surface area contributed by atoms with E-state index < -0.39 is 5.97 Å². The minimum atomic E-state index is -0.393. The highest BCUT2D eigenvalue weighted by atomic mass is 79.9. The number of esters is 1. The zero-order valence-electron chi connectivity index (χ0n) is 18.9. The van der Waals surface area contributed by atoms with Crippen molar-refractivity contribution >= 4 is 21.9 Å². The topological polar surface area (TPSA) is 69.3 Å². The molecule has 0 radical (unpaired) electrons.